The molecule has 0 amide bonds. The number of nitrogens with one attached hydrogen (secondary N) is 1. The first-order valence-electron chi connectivity index (χ1n) is 7.06. The Morgan fingerprint density at radius 3 is 2.61 bits per heavy atom. The van der Waals surface area contributed by atoms with E-state index in [1.807, 2.05) is 0 Å². The van der Waals surface area contributed by atoms with Crippen LogP contribution in [0.15, 0.2) is 30.3 Å². The third-order valence-corrected chi connectivity index (χ3v) is 4.27. The molecule has 2 heteroatoms. The minimum atomic E-state index is 0.371. The summed E-state index contributed by atoms with van der Waals surface area (Å²) < 4.78 is 5.09. The van der Waals surface area contributed by atoms with Crippen molar-refractivity contribution in [3.05, 3.63) is 35.9 Å². The smallest absolute Gasteiger partial charge is 0.0587 e. The summed E-state index contributed by atoms with van der Waals surface area (Å²) in [5.41, 5.74) is 1.87. The molecule has 0 aliphatic heterocycles. The Morgan fingerprint density at radius 2 is 2.00 bits per heavy atom. The molecule has 0 unspecified atom stereocenters. The van der Waals surface area contributed by atoms with Gasteiger partial charge in [0, 0.05) is 25.6 Å². The van der Waals surface area contributed by atoms with E-state index in [2.05, 4.69) is 42.6 Å². The molecule has 1 aromatic carbocycles. The predicted molar refractivity (Wildman–Crippen MR) is 75.9 cm³/mol. The molecule has 0 saturated heterocycles. The molecule has 0 bridgehead atoms. The van der Waals surface area contributed by atoms with Crippen molar-refractivity contribution in [3.63, 3.8) is 0 Å². The lowest BCUT2D eigenvalue weighted by Crippen LogP contribution is -2.49. The molecule has 0 atom stereocenters. The summed E-state index contributed by atoms with van der Waals surface area (Å²) in [6, 6.07) is 11.0. The Kier molecular flexibility index (Phi) is 4.79. The Balaban J connectivity index is 1.97. The molecule has 1 saturated carbocycles. The SMILES string of the molecule is CCC1CC(CNCCOC)(c2ccccc2)C1. The molecule has 1 aliphatic carbocycles. The van der Waals surface area contributed by atoms with Crippen LogP contribution in [0.3, 0.4) is 0 Å². The summed E-state index contributed by atoms with van der Waals surface area (Å²) in [6.45, 7) is 5.12. The van der Waals surface area contributed by atoms with E-state index in [0.717, 1.165) is 25.6 Å². The molecule has 1 aliphatic rings. The Labute approximate surface area is 111 Å². The molecule has 1 N–H and O–H groups in total. The maximum Gasteiger partial charge on any atom is 0.0587 e. The van der Waals surface area contributed by atoms with E-state index in [9.17, 15) is 0 Å². The fourth-order valence-corrected chi connectivity index (χ4v) is 3.11. The van der Waals surface area contributed by atoms with Crippen molar-refractivity contribution in [2.75, 3.05) is 26.8 Å². The van der Waals surface area contributed by atoms with Crippen molar-refractivity contribution < 1.29 is 4.74 Å². The van der Waals surface area contributed by atoms with Gasteiger partial charge < -0.3 is 10.1 Å². The average molecular weight is 247 g/mol. The van der Waals surface area contributed by atoms with Gasteiger partial charge in [-0.05, 0) is 24.3 Å². The molecule has 1 aromatic rings. The Bertz CT molecular complexity index is 343. The van der Waals surface area contributed by atoms with E-state index in [1.165, 1.54) is 24.8 Å². The number of methoxy groups -OCH3 is 1. The molecule has 1 fully saturated rings. The molecule has 0 heterocycles. The van der Waals surface area contributed by atoms with Crippen molar-refractivity contribution >= 4 is 0 Å². The Morgan fingerprint density at radius 1 is 1.28 bits per heavy atom. The van der Waals surface area contributed by atoms with Crippen LogP contribution < -0.4 is 5.32 Å². The van der Waals surface area contributed by atoms with Crippen molar-refractivity contribution in [2.24, 2.45) is 5.92 Å². The second-order valence-electron chi connectivity index (χ2n) is 5.50. The van der Waals surface area contributed by atoms with Crippen LogP contribution in [0.4, 0.5) is 0 Å². The molecule has 18 heavy (non-hydrogen) atoms. The van der Waals surface area contributed by atoms with E-state index >= 15 is 0 Å². The monoisotopic (exact) mass is 247 g/mol. The zero-order valence-corrected chi connectivity index (χ0v) is 11.6. The lowest BCUT2D eigenvalue weighted by atomic mass is 9.58. The zero-order valence-electron chi connectivity index (χ0n) is 11.6. The van der Waals surface area contributed by atoms with Gasteiger partial charge in [-0.3, -0.25) is 0 Å². The van der Waals surface area contributed by atoms with Crippen LogP contribution in [0, 0.1) is 5.92 Å². The van der Waals surface area contributed by atoms with E-state index in [-0.39, 0.29) is 0 Å². The van der Waals surface area contributed by atoms with Crippen LogP contribution in [0.5, 0.6) is 0 Å². The first kappa shape index (κ1) is 13.6. The minimum Gasteiger partial charge on any atom is -0.383 e. The van der Waals surface area contributed by atoms with E-state index in [1.54, 1.807) is 7.11 Å². The maximum absolute atomic E-state index is 5.09. The summed E-state index contributed by atoms with van der Waals surface area (Å²) in [7, 11) is 1.76. The summed E-state index contributed by atoms with van der Waals surface area (Å²) in [4.78, 5) is 0. The minimum absolute atomic E-state index is 0.371. The van der Waals surface area contributed by atoms with Crippen LogP contribution in [0.1, 0.15) is 31.7 Å². The van der Waals surface area contributed by atoms with Gasteiger partial charge in [-0.2, -0.15) is 0 Å². The number of rotatable bonds is 7. The van der Waals surface area contributed by atoms with Gasteiger partial charge in [0.15, 0.2) is 0 Å². The molecule has 2 nitrogen and oxygen atoms in total. The maximum atomic E-state index is 5.09. The molecule has 0 radical (unpaired) electrons. The van der Waals surface area contributed by atoms with Crippen molar-refractivity contribution in [2.45, 2.75) is 31.6 Å². The number of hydrogen-bond donors (Lipinski definition) is 1. The van der Waals surface area contributed by atoms with Gasteiger partial charge in [-0.1, -0.05) is 43.7 Å². The molecule has 0 aromatic heterocycles. The summed E-state index contributed by atoms with van der Waals surface area (Å²) >= 11 is 0. The summed E-state index contributed by atoms with van der Waals surface area (Å²) in [5, 5.41) is 3.55. The molecular weight excluding hydrogens is 222 g/mol. The van der Waals surface area contributed by atoms with Crippen LogP contribution in [0.2, 0.25) is 0 Å². The van der Waals surface area contributed by atoms with Crippen LogP contribution in [0.25, 0.3) is 0 Å². The largest absolute Gasteiger partial charge is 0.383 e. The van der Waals surface area contributed by atoms with E-state index < -0.39 is 0 Å². The highest BCUT2D eigenvalue weighted by Crippen LogP contribution is 2.48. The van der Waals surface area contributed by atoms with Gasteiger partial charge in [-0.25, -0.2) is 0 Å². The van der Waals surface area contributed by atoms with E-state index in [4.69, 9.17) is 4.74 Å². The zero-order chi connectivity index (χ0) is 12.8. The second-order valence-corrected chi connectivity index (χ2v) is 5.50. The lowest BCUT2D eigenvalue weighted by Gasteiger charge is -2.48. The van der Waals surface area contributed by atoms with Crippen LogP contribution in [-0.4, -0.2) is 26.8 Å². The first-order chi connectivity index (χ1) is 8.80. The third kappa shape index (κ3) is 2.93. The van der Waals surface area contributed by atoms with Gasteiger partial charge in [0.05, 0.1) is 6.61 Å². The van der Waals surface area contributed by atoms with Crippen molar-refractivity contribution in [1.29, 1.82) is 0 Å². The fraction of sp³-hybridized carbons (Fsp3) is 0.625. The molecule has 0 spiro atoms. The van der Waals surface area contributed by atoms with Gasteiger partial charge in [0.2, 0.25) is 0 Å². The highest BCUT2D eigenvalue weighted by molar-refractivity contribution is 5.29. The highest BCUT2D eigenvalue weighted by atomic mass is 16.5. The second kappa shape index (κ2) is 6.35. The van der Waals surface area contributed by atoms with Crippen molar-refractivity contribution in [1.82, 2.24) is 5.32 Å². The first-order valence-corrected chi connectivity index (χ1v) is 7.06. The molecule has 100 valence electrons. The van der Waals surface area contributed by atoms with Crippen LogP contribution >= 0.6 is 0 Å². The van der Waals surface area contributed by atoms with E-state index in [0.29, 0.717) is 5.41 Å². The topological polar surface area (TPSA) is 21.3 Å². The normalized spacial score (nSPS) is 26.9. The van der Waals surface area contributed by atoms with Crippen molar-refractivity contribution in [3.8, 4) is 0 Å². The molecular formula is C16H25NO. The third-order valence-electron chi connectivity index (χ3n) is 4.27. The standard InChI is InChI=1S/C16H25NO/c1-3-14-11-16(12-14,13-17-9-10-18-2)15-7-5-4-6-8-15/h4-8,14,17H,3,9-13H2,1-2H3. The van der Waals surface area contributed by atoms with Gasteiger partial charge >= 0.3 is 0 Å². The highest BCUT2D eigenvalue weighted by Gasteiger charge is 2.43. The number of ether oxygens (including phenoxy) is 1. The Hall–Kier alpha value is -0.860. The van der Waals surface area contributed by atoms with Gasteiger partial charge in [0.1, 0.15) is 0 Å². The lowest BCUT2D eigenvalue weighted by molar-refractivity contribution is 0.128. The number of benzene rings is 1. The van der Waals surface area contributed by atoms with Gasteiger partial charge in [-0.15, -0.1) is 0 Å². The summed E-state index contributed by atoms with van der Waals surface area (Å²) in [5.74, 6) is 0.912. The average Bonchev–Trinajstić information content (AvgIpc) is 2.38. The molecule has 2 rings (SSSR count). The summed E-state index contributed by atoms with van der Waals surface area (Å²) in [6.07, 6.45) is 3.97. The van der Waals surface area contributed by atoms with Gasteiger partial charge in [0.25, 0.3) is 0 Å². The quantitative estimate of drug-likeness (QED) is 0.748. The predicted octanol–water partition coefficient (Wildman–Crippen LogP) is 2.98. The fourth-order valence-electron chi connectivity index (χ4n) is 3.11. The number of hydrogen-bond acceptors (Lipinski definition) is 2. The van der Waals surface area contributed by atoms with Crippen LogP contribution in [-0.2, 0) is 10.2 Å².